The maximum absolute atomic E-state index is 11.7. The number of nitrogens with zero attached hydrogens (tertiary/aromatic N) is 1. The van der Waals surface area contributed by atoms with Gasteiger partial charge in [0.15, 0.2) is 0 Å². The SMILES string of the molecule is CON(C)C(=O)CC(O)c1c(C)cc(C)cc1C. The molecule has 1 aromatic rings. The molecule has 0 bridgehead atoms. The maximum atomic E-state index is 11.7. The summed E-state index contributed by atoms with van der Waals surface area (Å²) in [6.07, 6.45) is -0.773. The van der Waals surface area contributed by atoms with Gasteiger partial charge in [0.05, 0.1) is 19.6 Å². The van der Waals surface area contributed by atoms with Crippen LogP contribution in [0, 0.1) is 20.8 Å². The molecule has 0 aliphatic rings. The van der Waals surface area contributed by atoms with E-state index in [0.717, 1.165) is 27.3 Å². The highest BCUT2D eigenvalue weighted by Gasteiger charge is 2.19. The minimum Gasteiger partial charge on any atom is -0.388 e. The Balaban J connectivity index is 2.91. The summed E-state index contributed by atoms with van der Waals surface area (Å²) in [6.45, 7) is 5.91. The van der Waals surface area contributed by atoms with Gasteiger partial charge in [0, 0.05) is 7.05 Å². The Labute approximate surface area is 108 Å². The van der Waals surface area contributed by atoms with Gasteiger partial charge in [-0.3, -0.25) is 9.63 Å². The van der Waals surface area contributed by atoms with E-state index in [1.165, 1.54) is 14.2 Å². The summed E-state index contributed by atoms with van der Waals surface area (Å²) in [6, 6.07) is 4.02. The van der Waals surface area contributed by atoms with Gasteiger partial charge in [-0.2, -0.15) is 0 Å². The minimum atomic E-state index is -0.796. The highest BCUT2D eigenvalue weighted by atomic mass is 16.7. The fourth-order valence-electron chi connectivity index (χ4n) is 2.21. The zero-order chi connectivity index (χ0) is 13.9. The van der Waals surface area contributed by atoms with E-state index >= 15 is 0 Å². The lowest BCUT2D eigenvalue weighted by Crippen LogP contribution is -2.27. The number of aliphatic hydroxyl groups is 1. The number of carbonyl (C=O) groups excluding carboxylic acids is 1. The summed E-state index contributed by atoms with van der Waals surface area (Å²) in [4.78, 5) is 16.5. The summed E-state index contributed by atoms with van der Waals surface area (Å²) in [5, 5.41) is 11.3. The zero-order valence-electron chi connectivity index (χ0n) is 11.7. The van der Waals surface area contributed by atoms with Gasteiger partial charge >= 0.3 is 0 Å². The third-order valence-corrected chi connectivity index (χ3v) is 3.06. The highest BCUT2D eigenvalue weighted by Crippen LogP contribution is 2.26. The van der Waals surface area contributed by atoms with Gasteiger partial charge in [0.2, 0.25) is 5.91 Å². The van der Waals surface area contributed by atoms with Gasteiger partial charge in [-0.15, -0.1) is 0 Å². The van der Waals surface area contributed by atoms with E-state index in [9.17, 15) is 9.90 Å². The van der Waals surface area contributed by atoms with Crippen molar-refractivity contribution in [1.82, 2.24) is 5.06 Å². The number of rotatable bonds is 4. The molecule has 0 aliphatic carbocycles. The molecule has 0 saturated heterocycles. The van der Waals surface area contributed by atoms with E-state index < -0.39 is 6.10 Å². The summed E-state index contributed by atoms with van der Waals surface area (Å²) in [5.74, 6) is -0.246. The number of aryl methyl sites for hydroxylation is 3. The smallest absolute Gasteiger partial charge is 0.248 e. The quantitative estimate of drug-likeness (QED) is 0.833. The van der Waals surface area contributed by atoms with Crippen molar-refractivity contribution in [2.45, 2.75) is 33.3 Å². The molecule has 4 heteroatoms. The van der Waals surface area contributed by atoms with Crippen LogP contribution in [0.1, 0.15) is 34.8 Å². The Morgan fingerprint density at radius 2 is 1.83 bits per heavy atom. The van der Waals surface area contributed by atoms with Crippen molar-refractivity contribution in [3.8, 4) is 0 Å². The van der Waals surface area contributed by atoms with Crippen molar-refractivity contribution >= 4 is 5.91 Å². The average molecular weight is 251 g/mol. The largest absolute Gasteiger partial charge is 0.388 e. The molecule has 1 N–H and O–H groups in total. The Bertz CT molecular complexity index is 420. The number of hydrogen-bond donors (Lipinski definition) is 1. The normalized spacial score (nSPS) is 12.3. The minimum absolute atomic E-state index is 0.0229. The lowest BCUT2D eigenvalue weighted by Gasteiger charge is -2.19. The first-order valence-electron chi connectivity index (χ1n) is 5.93. The molecule has 4 nitrogen and oxygen atoms in total. The van der Waals surface area contributed by atoms with E-state index in [-0.39, 0.29) is 12.3 Å². The number of benzene rings is 1. The van der Waals surface area contributed by atoms with Crippen LogP contribution in [-0.2, 0) is 9.63 Å². The second-order valence-electron chi connectivity index (χ2n) is 4.61. The monoisotopic (exact) mass is 251 g/mol. The summed E-state index contributed by atoms with van der Waals surface area (Å²) >= 11 is 0. The summed E-state index contributed by atoms with van der Waals surface area (Å²) < 4.78 is 0. The highest BCUT2D eigenvalue weighted by molar-refractivity contribution is 5.75. The molecule has 0 aliphatic heterocycles. The van der Waals surface area contributed by atoms with Crippen molar-refractivity contribution in [1.29, 1.82) is 0 Å². The first kappa shape index (κ1) is 14.7. The van der Waals surface area contributed by atoms with Crippen LogP contribution in [0.3, 0.4) is 0 Å². The van der Waals surface area contributed by atoms with Crippen molar-refractivity contribution in [2.75, 3.05) is 14.2 Å². The third kappa shape index (κ3) is 3.31. The molecule has 0 heterocycles. The molecule has 0 aromatic heterocycles. The van der Waals surface area contributed by atoms with E-state index in [2.05, 4.69) is 0 Å². The van der Waals surface area contributed by atoms with Gasteiger partial charge in [-0.05, 0) is 37.5 Å². The van der Waals surface area contributed by atoms with E-state index in [0.29, 0.717) is 0 Å². The number of hydrogen-bond acceptors (Lipinski definition) is 3. The van der Waals surface area contributed by atoms with Gasteiger partial charge in [0.1, 0.15) is 0 Å². The van der Waals surface area contributed by atoms with Crippen LogP contribution in [0.15, 0.2) is 12.1 Å². The Morgan fingerprint density at radius 1 is 1.33 bits per heavy atom. The molecule has 1 atom stereocenters. The molecule has 0 saturated carbocycles. The molecule has 0 spiro atoms. The Kier molecular flexibility index (Phi) is 4.87. The van der Waals surface area contributed by atoms with Gasteiger partial charge in [0.25, 0.3) is 0 Å². The van der Waals surface area contributed by atoms with E-state index in [1.807, 2.05) is 32.9 Å². The number of hydroxylamine groups is 2. The molecule has 1 unspecified atom stereocenters. The average Bonchev–Trinajstić information content (AvgIpc) is 2.26. The topological polar surface area (TPSA) is 49.8 Å². The second-order valence-corrected chi connectivity index (χ2v) is 4.61. The molecule has 18 heavy (non-hydrogen) atoms. The van der Waals surface area contributed by atoms with Crippen LogP contribution >= 0.6 is 0 Å². The van der Waals surface area contributed by atoms with Crippen LogP contribution < -0.4 is 0 Å². The maximum Gasteiger partial charge on any atom is 0.248 e. The van der Waals surface area contributed by atoms with Crippen molar-refractivity contribution in [2.24, 2.45) is 0 Å². The van der Waals surface area contributed by atoms with Crippen LogP contribution in [-0.4, -0.2) is 30.2 Å². The molecule has 100 valence electrons. The van der Waals surface area contributed by atoms with E-state index in [1.54, 1.807) is 0 Å². The predicted octanol–water partition coefficient (Wildman–Crippen LogP) is 2.06. The lowest BCUT2D eigenvalue weighted by atomic mass is 9.94. The number of aliphatic hydroxyl groups excluding tert-OH is 1. The molecule has 1 aromatic carbocycles. The molecule has 0 fully saturated rings. The van der Waals surface area contributed by atoms with Crippen LogP contribution in [0.5, 0.6) is 0 Å². The molecular formula is C14H21NO3. The van der Waals surface area contributed by atoms with E-state index in [4.69, 9.17) is 4.84 Å². The molecule has 1 rings (SSSR count). The van der Waals surface area contributed by atoms with Gasteiger partial charge in [-0.1, -0.05) is 17.7 Å². The first-order chi connectivity index (χ1) is 8.36. The van der Waals surface area contributed by atoms with Crippen molar-refractivity contribution < 1.29 is 14.7 Å². The summed E-state index contributed by atoms with van der Waals surface area (Å²) in [7, 11) is 2.95. The van der Waals surface area contributed by atoms with Crippen LogP contribution in [0.25, 0.3) is 0 Å². The van der Waals surface area contributed by atoms with Gasteiger partial charge in [-0.25, -0.2) is 5.06 Å². The van der Waals surface area contributed by atoms with Crippen LogP contribution in [0.4, 0.5) is 0 Å². The first-order valence-corrected chi connectivity index (χ1v) is 5.93. The zero-order valence-corrected chi connectivity index (χ0v) is 11.7. The van der Waals surface area contributed by atoms with Crippen molar-refractivity contribution in [3.05, 3.63) is 34.4 Å². The fourth-order valence-corrected chi connectivity index (χ4v) is 2.21. The van der Waals surface area contributed by atoms with Crippen LogP contribution in [0.2, 0.25) is 0 Å². The standard InChI is InChI=1S/C14H21NO3/c1-9-6-10(2)14(11(3)7-9)12(16)8-13(17)15(4)18-5/h6-7,12,16H,8H2,1-5H3. The van der Waals surface area contributed by atoms with Gasteiger partial charge < -0.3 is 5.11 Å². The number of amides is 1. The molecule has 0 radical (unpaired) electrons. The Morgan fingerprint density at radius 3 is 2.28 bits per heavy atom. The fraction of sp³-hybridized carbons (Fsp3) is 0.500. The number of carbonyl (C=O) groups is 1. The third-order valence-electron chi connectivity index (χ3n) is 3.06. The molecule has 1 amide bonds. The lowest BCUT2D eigenvalue weighted by molar-refractivity contribution is -0.170. The predicted molar refractivity (Wildman–Crippen MR) is 70.0 cm³/mol. The second kappa shape index (κ2) is 5.98. The molecular weight excluding hydrogens is 230 g/mol. The Hall–Kier alpha value is -1.39. The summed E-state index contributed by atoms with van der Waals surface area (Å²) in [5.41, 5.74) is 4.00. The van der Waals surface area contributed by atoms with Crippen molar-refractivity contribution in [3.63, 3.8) is 0 Å².